The Kier molecular flexibility index (Phi) is 3.45. The molecule has 0 aliphatic carbocycles. The summed E-state index contributed by atoms with van der Waals surface area (Å²) < 4.78 is 0. The number of benzene rings is 2. The minimum absolute atomic E-state index is 0.206. The fraction of sp³-hybridized carbons (Fsp3) is 0.286. The lowest BCUT2D eigenvalue weighted by atomic mass is 9.85. The van der Waals surface area contributed by atoms with E-state index >= 15 is 0 Å². The van der Waals surface area contributed by atoms with Crippen LogP contribution in [-0.2, 0) is 20.8 Å². The van der Waals surface area contributed by atoms with Gasteiger partial charge in [-0.3, -0.25) is 19.4 Å². The summed E-state index contributed by atoms with van der Waals surface area (Å²) in [5.41, 5.74) is 2.78. The van der Waals surface area contributed by atoms with Crippen molar-refractivity contribution in [1.29, 1.82) is 0 Å². The number of fused-ring (bicyclic) bond motifs is 5. The Labute approximate surface area is 156 Å². The molecule has 2 fully saturated rings. The summed E-state index contributed by atoms with van der Waals surface area (Å²) >= 11 is 0. The molecule has 0 radical (unpaired) electrons. The largest absolute Gasteiger partial charge is 0.274 e. The van der Waals surface area contributed by atoms with Gasteiger partial charge in [0.15, 0.2) is 0 Å². The van der Waals surface area contributed by atoms with E-state index < -0.39 is 12.0 Å². The van der Waals surface area contributed by atoms with Gasteiger partial charge in [0.1, 0.15) is 6.04 Å². The van der Waals surface area contributed by atoms with Crippen molar-refractivity contribution in [1.82, 2.24) is 10.0 Å². The molecule has 2 aromatic carbocycles. The van der Waals surface area contributed by atoms with E-state index in [0.717, 1.165) is 12.0 Å². The van der Waals surface area contributed by atoms with Crippen LogP contribution in [-0.4, -0.2) is 40.3 Å². The predicted molar refractivity (Wildman–Crippen MR) is 98.3 cm³/mol. The van der Waals surface area contributed by atoms with Gasteiger partial charge in [-0.05, 0) is 29.7 Å². The van der Waals surface area contributed by atoms with Crippen LogP contribution in [0.4, 0.5) is 5.69 Å². The van der Waals surface area contributed by atoms with Gasteiger partial charge in [-0.25, -0.2) is 9.91 Å². The van der Waals surface area contributed by atoms with Crippen molar-refractivity contribution in [3.63, 3.8) is 0 Å². The van der Waals surface area contributed by atoms with Gasteiger partial charge in [0.25, 0.3) is 5.91 Å². The van der Waals surface area contributed by atoms with Crippen LogP contribution in [0.1, 0.15) is 24.1 Å². The van der Waals surface area contributed by atoms with Crippen molar-refractivity contribution < 1.29 is 14.4 Å². The van der Waals surface area contributed by atoms with Crippen molar-refractivity contribution >= 4 is 23.4 Å². The third kappa shape index (κ3) is 2.13. The number of anilines is 1. The number of carbonyl (C=O) groups excluding carboxylic acids is 3. The van der Waals surface area contributed by atoms with Crippen LogP contribution in [0.25, 0.3) is 0 Å². The number of hydrogen-bond acceptors (Lipinski definition) is 4. The summed E-state index contributed by atoms with van der Waals surface area (Å²) in [6, 6.07) is 15.9. The van der Waals surface area contributed by atoms with E-state index in [1.165, 1.54) is 22.4 Å². The molecule has 0 spiro atoms. The van der Waals surface area contributed by atoms with Crippen LogP contribution in [0.15, 0.2) is 54.6 Å². The average Bonchev–Trinajstić information content (AvgIpc) is 3.16. The molecule has 6 heteroatoms. The van der Waals surface area contributed by atoms with Crippen molar-refractivity contribution in [2.45, 2.75) is 25.4 Å². The molecular formula is C21H19N3O3. The molecule has 2 aromatic rings. The molecule has 0 bridgehead atoms. The first-order valence-electron chi connectivity index (χ1n) is 9.16. The van der Waals surface area contributed by atoms with Gasteiger partial charge in [0.05, 0.1) is 17.6 Å². The smallest absolute Gasteiger partial charge is 0.259 e. The normalized spacial score (nSPS) is 26.8. The van der Waals surface area contributed by atoms with Crippen LogP contribution in [0, 0.1) is 5.92 Å². The third-order valence-electron chi connectivity index (χ3n) is 5.84. The SMILES string of the molecule is CC(=O)N1[C@@H]2C(=O)N(c3ccccc3)C(=O)[C@@H]2[C@H]2c3ccccc3CCN21. The number of hydrazine groups is 1. The molecule has 0 aromatic heterocycles. The molecule has 6 nitrogen and oxygen atoms in total. The van der Waals surface area contributed by atoms with Crippen molar-refractivity contribution in [3.8, 4) is 0 Å². The predicted octanol–water partition coefficient (Wildman–Crippen LogP) is 1.92. The van der Waals surface area contributed by atoms with E-state index in [2.05, 4.69) is 6.07 Å². The maximum absolute atomic E-state index is 13.4. The Morgan fingerprint density at radius 2 is 1.63 bits per heavy atom. The lowest BCUT2D eigenvalue weighted by Gasteiger charge is -2.38. The number of hydrogen-bond donors (Lipinski definition) is 0. The number of imide groups is 1. The molecule has 5 rings (SSSR count). The molecule has 3 aliphatic heterocycles. The summed E-state index contributed by atoms with van der Waals surface area (Å²) in [6.45, 7) is 2.09. The lowest BCUT2D eigenvalue weighted by Crippen LogP contribution is -2.51. The van der Waals surface area contributed by atoms with Crippen molar-refractivity contribution in [2.75, 3.05) is 11.4 Å². The molecule has 136 valence electrons. The molecular weight excluding hydrogens is 342 g/mol. The Balaban J connectivity index is 1.65. The van der Waals surface area contributed by atoms with Gasteiger partial charge < -0.3 is 0 Å². The quantitative estimate of drug-likeness (QED) is 0.728. The fourth-order valence-corrected chi connectivity index (χ4v) is 4.82. The van der Waals surface area contributed by atoms with Gasteiger partial charge in [0.2, 0.25) is 11.8 Å². The molecule has 2 saturated heterocycles. The number of amides is 3. The van der Waals surface area contributed by atoms with Gasteiger partial charge in [-0.1, -0.05) is 42.5 Å². The van der Waals surface area contributed by atoms with Gasteiger partial charge in [-0.2, -0.15) is 0 Å². The van der Waals surface area contributed by atoms with Crippen molar-refractivity contribution in [3.05, 3.63) is 65.7 Å². The summed E-state index contributed by atoms with van der Waals surface area (Å²) in [5.74, 6) is -1.34. The van der Waals surface area contributed by atoms with Crippen LogP contribution in [0.2, 0.25) is 0 Å². The van der Waals surface area contributed by atoms with Crippen LogP contribution < -0.4 is 4.90 Å². The summed E-state index contributed by atoms with van der Waals surface area (Å²) in [7, 11) is 0. The maximum Gasteiger partial charge on any atom is 0.259 e. The van der Waals surface area contributed by atoms with E-state index in [0.29, 0.717) is 12.2 Å². The highest BCUT2D eigenvalue weighted by Gasteiger charge is 2.63. The Morgan fingerprint density at radius 3 is 2.37 bits per heavy atom. The Hall–Kier alpha value is -2.99. The highest BCUT2D eigenvalue weighted by atomic mass is 16.2. The van der Waals surface area contributed by atoms with Crippen LogP contribution in [0.5, 0.6) is 0 Å². The monoisotopic (exact) mass is 361 g/mol. The maximum atomic E-state index is 13.4. The van der Waals surface area contributed by atoms with E-state index in [1.54, 1.807) is 24.3 Å². The lowest BCUT2D eigenvalue weighted by molar-refractivity contribution is -0.152. The standard InChI is InChI=1S/C21H19N3O3/c1-13(25)24-19-17(18-16-10-6-5-7-14(16)11-12-22(18)24)20(26)23(21(19)27)15-8-3-2-4-9-15/h2-10,17-19H,11-12H2,1H3/t17-,18-,19+/m1/s1. The summed E-state index contributed by atoms with van der Waals surface area (Å²) in [6.07, 6.45) is 0.792. The highest BCUT2D eigenvalue weighted by molar-refractivity contribution is 6.24. The van der Waals surface area contributed by atoms with Gasteiger partial charge in [0, 0.05) is 13.5 Å². The average molecular weight is 361 g/mol. The Morgan fingerprint density at radius 1 is 0.926 bits per heavy atom. The zero-order chi connectivity index (χ0) is 18.7. The summed E-state index contributed by atoms with van der Waals surface area (Å²) in [5, 5.41) is 3.45. The summed E-state index contributed by atoms with van der Waals surface area (Å²) in [4.78, 5) is 40.3. The molecule has 0 N–H and O–H groups in total. The first kappa shape index (κ1) is 16.2. The topological polar surface area (TPSA) is 60.9 Å². The molecule has 3 heterocycles. The van der Waals surface area contributed by atoms with Crippen LogP contribution >= 0.6 is 0 Å². The molecule has 27 heavy (non-hydrogen) atoms. The molecule has 0 unspecified atom stereocenters. The highest BCUT2D eigenvalue weighted by Crippen LogP contribution is 2.49. The first-order chi connectivity index (χ1) is 13.1. The number of carbonyl (C=O) groups is 3. The number of rotatable bonds is 1. The second kappa shape index (κ2) is 5.76. The fourth-order valence-electron chi connectivity index (χ4n) is 4.82. The minimum atomic E-state index is -0.772. The van der Waals surface area contributed by atoms with E-state index in [4.69, 9.17) is 0 Å². The zero-order valence-electron chi connectivity index (χ0n) is 14.9. The van der Waals surface area contributed by atoms with E-state index in [-0.39, 0.29) is 23.8 Å². The zero-order valence-corrected chi connectivity index (χ0v) is 14.9. The van der Waals surface area contributed by atoms with Crippen molar-refractivity contribution in [2.24, 2.45) is 5.92 Å². The second-order valence-corrected chi connectivity index (χ2v) is 7.24. The molecule has 3 aliphatic rings. The molecule has 3 amide bonds. The first-order valence-corrected chi connectivity index (χ1v) is 9.16. The molecule has 3 atom stereocenters. The number of para-hydroxylation sites is 1. The van der Waals surface area contributed by atoms with Crippen LogP contribution in [0.3, 0.4) is 0 Å². The number of nitrogens with zero attached hydrogens (tertiary/aromatic N) is 3. The third-order valence-corrected chi connectivity index (χ3v) is 5.84. The van der Waals surface area contributed by atoms with Gasteiger partial charge >= 0.3 is 0 Å². The second-order valence-electron chi connectivity index (χ2n) is 7.24. The Bertz CT molecular complexity index is 958. The van der Waals surface area contributed by atoms with E-state index in [9.17, 15) is 14.4 Å². The van der Waals surface area contributed by atoms with Gasteiger partial charge in [-0.15, -0.1) is 0 Å². The minimum Gasteiger partial charge on any atom is -0.274 e. The molecule has 0 saturated carbocycles. The van der Waals surface area contributed by atoms with E-state index in [1.807, 2.05) is 29.3 Å².